The minimum atomic E-state index is -0.150. The number of nitrogens with zero attached hydrogens (tertiary/aromatic N) is 7. The van der Waals surface area contributed by atoms with Gasteiger partial charge in [-0.15, -0.1) is 0 Å². The van der Waals surface area contributed by atoms with Crippen LogP contribution in [0.3, 0.4) is 0 Å². The molecule has 0 atom stereocenters. The van der Waals surface area contributed by atoms with E-state index in [0.717, 1.165) is 32.7 Å². The molecule has 1 aliphatic heterocycles. The van der Waals surface area contributed by atoms with Crippen LogP contribution in [0.25, 0.3) is 5.78 Å². The highest BCUT2D eigenvalue weighted by Gasteiger charge is 2.24. The molecule has 3 aromatic rings. The normalized spacial score (nSPS) is 15.3. The fourth-order valence-electron chi connectivity index (χ4n) is 4.00. The zero-order chi connectivity index (χ0) is 24.3. The third kappa shape index (κ3) is 5.71. The summed E-state index contributed by atoms with van der Waals surface area (Å²) in [5, 5.41) is 11.0. The summed E-state index contributed by atoms with van der Waals surface area (Å²) in [5.41, 5.74) is 5.11. The lowest BCUT2D eigenvalue weighted by atomic mass is 9.96. The molecular formula is C25H32N8O. The molecule has 0 aliphatic carbocycles. The van der Waals surface area contributed by atoms with E-state index >= 15 is 0 Å². The lowest BCUT2D eigenvalue weighted by Gasteiger charge is -2.32. The number of nitriles is 1. The van der Waals surface area contributed by atoms with E-state index in [1.54, 1.807) is 27.9 Å². The molecule has 1 aliphatic rings. The van der Waals surface area contributed by atoms with Crippen molar-refractivity contribution in [2.24, 2.45) is 5.41 Å². The van der Waals surface area contributed by atoms with Gasteiger partial charge in [-0.1, -0.05) is 32.9 Å². The van der Waals surface area contributed by atoms with Crippen LogP contribution in [-0.4, -0.2) is 74.9 Å². The van der Waals surface area contributed by atoms with Gasteiger partial charge in [0, 0.05) is 63.3 Å². The molecule has 0 radical (unpaired) electrons. The Morgan fingerprint density at radius 3 is 2.53 bits per heavy atom. The first-order valence-electron chi connectivity index (χ1n) is 11.5. The number of hydrogen-bond donors (Lipinski definition) is 1. The van der Waals surface area contributed by atoms with Crippen LogP contribution in [0.1, 0.15) is 42.4 Å². The third-order valence-corrected chi connectivity index (χ3v) is 5.82. The molecule has 0 spiro atoms. The van der Waals surface area contributed by atoms with Gasteiger partial charge in [0.15, 0.2) is 0 Å². The topological polar surface area (TPSA) is 92.8 Å². The number of piperazine rings is 1. The molecule has 3 heterocycles. The monoisotopic (exact) mass is 460 g/mol. The molecule has 9 heteroatoms. The molecule has 4 rings (SSSR count). The van der Waals surface area contributed by atoms with Crippen molar-refractivity contribution >= 4 is 17.5 Å². The molecule has 9 nitrogen and oxygen atoms in total. The summed E-state index contributed by atoms with van der Waals surface area (Å²) < 4.78 is 1.73. The molecule has 34 heavy (non-hydrogen) atoms. The summed E-state index contributed by atoms with van der Waals surface area (Å²) in [4.78, 5) is 26.7. The Balaban J connectivity index is 1.54. The zero-order valence-electron chi connectivity index (χ0n) is 20.3. The van der Waals surface area contributed by atoms with E-state index in [2.05, 4.69) is 59.1 Å². The van der Waals surface area contributed by atoms with Crippen LogP contribution in [0.5, 0.6) is 0 Å². The Morgan fingerprint density at radius 1 is 1.18 bits per heavy atom. The Kier molecular flexibility index (Phi) is 6.82. The van der Waals surface area contributed by atoms with Crippen LogP contribution < -0.4 is 5.43 Å². The van der Waals surface area contributed by atoms with E-state index in [0.29, 0.717) is 23.7 Å². The van der Waals surface area contributed by atoms with Crippen molar-refractivity contribution in [3.05, 3.63) is 59.5 Å². The number of rotatable bonds is 6. The maximum absolute atomic E-state index is 13.5. The van der Waals surface area contributed by atoms with Crippen molar-refractivity contribution in [3.63, 3.8) is 0 Å². The van der Waals surface area contributed by atoms with Gasteiger partial charge in [-0.3, -0.25) is 24.5 Å². The number of nitrogens with one attached hydrogen (secondary N) is 1. The number of benzene rings is 1. The van der Waals surface area contributed by atoms with Gasteiger partial charge in [0.05, 0.1) is 0 Å². The first-order valence-corrected chi connectivity index (χ1v) is 11.5. The van der Waals surface area contributed by atoms with Gasteiger partial charge < -0.3 is 4.90 Å². The number of amides is 1. The molecule has 1 N–H and O–H groups in total. The van der Waals surface area contributed by atoms with Gasteiger partial charge in [0.2, 0.25) is 5.78 Å². The summed E-state index contributed by atoms with van der Waals surface area (Å²) in [6, 6.07) is 11.5. The molecule has 1 fully saturated rings. The standard InChI is InChI=1S/C25H32N8O/c1-25(2,3)18-33(29-22-15-21(16-26)28-24-27-9-10-32(22)24)23(34)20-7-5-19(6-8-20)17-31-13-11-30(4)12-14-31/h5-10,15,29H,11-14,17-18H2,1-4H3. The highest BCUT2D eigenvalue weighted by molar-refractivity contribution is 5.95. The van der Waals surface area contributed by atoms with Crippen LogP contribution in [0, 0.1) is 16.7 Å². The van der Waals surface area contributed by atoms with Crippen molar-refractivity contribution < 1.29 is 4.79 Å². The molecule has 1 amide bonds. The molecule has 0 saturated carbocycles. The number of hydrogen-bond acceptors (Lipinski definition) is 7. The van der Waals surface area contributed by atoms with Crippen molar-refractivity contribution in [2.75, 3.05) is 45.2 Å². The van der Waals surface area contributed by atoms with Gasteiger partial charge in [-0.25, -0.2) is 9.97 Å². The van der Waals surface area contributed by atoms with Gasteiger partial charge in [0.1, 0.15) is 17.6 Å². The summed E-state index contributed by atoms with van der Waals surface area (Å²) in [6.07, 6.45) is 3.36. The minimum Gasteiger partial charge on any atom is -0.304 e. The number of carbonyl (C=O) groups excluding carboxylic acids is 1. The highest BCUT2D eigenvalue weighted by atomic mass is 16.2. The van der Waals surface area contributed by atoms with E-state index in [1.807, 2.05) is 24.3 Å². The summed E-state index contributed by atoms with van der Waals surface area (Å²) in [5.74, 6) is 0.825. The number of aromatic nitrogens is 3. The van der Waals surface area contributed by atoms with E-state index in [-0.39, 0.29) is 17.0 Å². The van der Waals surface area contributed by atoms with E-state index in [4.69, 9.17) is 0 Å². The fourth-order valence-corrected chi connectivity index (χ4v) is 4.00. The summed E-state index contributed by atoms with van der Waals surface area (Å²) in [7, 11) is 2.15. The quantitative estimate of drug-likeness (QED) is 0.566. The van der Waals surface area contributed by atoms with Crippen LogP contribution in [0.2, 0.25) is 0 Å². The van der Waals surface area contributed by atoms with Crippen molar-refractivity contribution in [1.82, 2.24) is 29.2 Å². The number of carbonyl (C=O) groups is 1. The van der Waals surface area contributed by atoms with E-state index in [1.165, 1.54) is 5.56 Å². The van der Waals surface area contributed by atoms with Gasteiger partial charge in [-0.05, 0) is 30.2 Å². The minimum absolute atomic E-state index is 0.135. The van der Waals surface area contributed by atoms with Gasteiger partial charge >= 0.3 is 0 Å². The van der Waals surface area contributed by atoms with Crippen LogP contribution in [0.15, 0.2) is 42.7 Å². The van der Waals surface area contributed by atoms with E-state index in [9.17, 15) is 10.1 Å². The number of anilines is 1. The average molecular weight is 461 g/mol. The lowest BCUT2D eigenvalue weighted by molar-refractivity contribution is 0.0742. The first kappa shape index (κ1) is 23.7. The second-order valence-corrected chi connectivity index (χ2v) is 10.1. The smallest absolute Gasteiger partial charge is 0.272 e. The molecule has 1 aromatic carbocycles. The third-order valence-electron chi connectivity index (χ3n) is 5.82. The number of fused-ring (bicyclic) bond motifs is 1. The molecule has 0 bridgehead atoms. The highest BCUT2D eigenvalue weighted by Crippen LogP contribution is 2.21. The second kappa shape index (κ2) is 9.79. The predicted octanol–water partition coefficient (Wildman–Crippen LogP) is 2.86. The Morgan fingerprint density at radius 2 is 1.88 bits per heavy atom. The Bertz CT molecular complexity index is 1180. The van der Waals surface area contributed by atoms with Crippen LogP contribution in [0.4, 0.5) is 5.82 Å². The Labute approximate surface area is 200 Å². The maximum Gasteiger partial charge on any atom is 0.272 e. The Hall–Kier alpha value is -3.48. The SMILES string of the molecule is CN1CCN(Cc2ccc(C(=O)N(CC(C)(C)C)Nc3cc(C#N)nc4nccn34)cc2)CC1. The predicted molar refractivity (Wildman–Crippen MR) is 131 cm³/mol. The maximum atomic E-state index is 13.5. The van der Waals surface area contributed by atoms with Crippen LogP contribution in [-0.2, 0) is 6.54 Å². The second-order valence-electron chi connectivity index (χ2n) is 10.1. The van der Waals surface area contributed by atoms with Gasteiger partial charge in [0.25, 0.3) is 5.91 Å². The van der Waals surface area contributed by atoms with Crippen molar-refractivity contribution in [1.29, 1.82) is 5.26 Å². The number of likely N-dealkylation sites (N-methyl/N-ethyl adjacent to an activating group) is 1. The number of hydrazine groups is 1. The largest absolute Gasteiger partial charge is 0.304 e. The van der Waals surface area contributed by atoms with Gasteiger partial charge in [-0.2, -0.15) is 5.26 Å². The average Bonchev–Trinajstić information content (AvgIpc) is 3.28. The lowest BCUT2D eigenvalue weighted by Crippen LogP contribution is -2.43. The van der Waals surface area contributed by atoms with E-state index < -0.39 is 0 Å². The number of imidazole rings is 1. The summed E-state index contributed by atoms with van der Waals surface area (Å²) in [6.45, 7) is 11.9. The van der Waals surface area contributed by atoms with Crippen LogP contribution >= 0.6 is 0 Å². The molecule has 2 aromatic heterocycles. The van der Waals surface area contributed by atoms with Crippen molar-refractivity contribution in [3.8, 4) is 6.07 Å². The molecule has 178 valence electrons. The molecule has 1 saturated heterocycles. The fraction of sp³-hybridized carbons (Fsp3) is 0.440. The first-order chi connectivity index (χ1) is 16.2. The molecular weight excluding hydrogens is 428 g/mol. The zero-order valence-corrected chi connectivity index (χ0v) is 20.3. The van der Waals surface area contributed by atoms with Crippen molar-refractivity contribution in [2.45, 2.75) is 27.3 Å². The summed E-state index contributed by atoms with van der Waals surface area (Å²) >= 11 is 0. The molecule has 0 unspecified atom stereocenters.